The monoisotopic (exact) mass is 216 g/mol. The van der Waals surface area contributed by atoms with E-state index >= 15 is 0 Å². The van der Waals surface area contributed by atoms with E-state index in [1.807, 2.05) is 0 Å². The summed E-state index contributed by atoms with van der Waals surface area (Å²) in [6.45, 7) is 0.794. The maximum absolute atomic E-state index is 5.68. The van der Waals surface area contributed by atoms with Crippen molar-refractivity contribution in [1.82, 2.24) is 0 Å². The number of hydrogen-bond acceptors (Lipinski definition) is 2. The summed E-state index contributed by atoms with van der Waals surface area (Å²) in [6, 6.07) is 8.31. The highest BCUT2D eigenvalue weighted by atomic mass is 35.5. The van der Waals surface area contributed by atoms with Crippen LogP contribution in [0.2, 0.25) is 0 Å². The van der Waals surface area contributed by atoms with Gasteiger partial charge in [-0.1, -0.05) is 12.1 Å². The molecule has 1 aromatic rings. The van der Waals surface area contributed by atoms with E-state index in [0.29, 0.717) is 5.88 Å². The molecule has 1 rings (SSSR count). The highest BCUT2D eigenvalue weighted by Crippen LogP contribution is 2.18. The number of alkyl halides is 1. The lowest BCUT2D eigenvalue weighted by Gasteiger charge is -2.01. The van der Waals surface area contributed by atoms with E-state index in [9.17, 15) is 0 Å². The Morgan fingerprint density at radius 2 is 2.00 bits per heavy atom. The summed E-state index contributed by atoms with van der Waals surface area (Å²) < 4.78 is 4.97. The molecule has 0 bridgehead atoms. The Labute approximate surface area is 88.4 Å². The van der Waals surface area contributed by atoms with E-state index in [-0.39, 0.29) is 0 Å². The first-order valence-electron chi connectivity index (χ1n) is 4.13. The predicted octanol–water partition coefficient (Wildman–Crippen LogP) is 3.16. The molecule has 1 aromatic carbocycles. The van der Waals surface area contributed by atoms with Crippen molar-refractivity contribution < 1.29 is 4.74 Å². The number of thioether (sulfide) groups is 1. The summed E-state index contributed by atoms with van der Waals surface area (Å²) >= 11 is 7.48. The Morgan fingerprint density at radius 3 is 2.54 bits per heavy atom. The van der Waals surface area contributed by atoms with Crippen LogP contribution in [0, 0.1) is 0 Å². The van der Waals surface area contributed by atoms with Gasteiger partial charge in [-0.05, 0) is 17.7 Å². The van der Waals surface area contributed by atoms with Crippen LogP contribution in [0.5, 0.6) is 0 Å². The molecular weight excluding hydrogens is 204 g/mol. The SMILES string of the molecule is COCCSc1ccc(CCl)cc1. The number of methoxy groups -OCH3 is 1. The number of rotatable bonds is 5. The minimum atomic E-state index is 0.586. The minimum absolute atomic E-state index is 0.586. The summed E-state index contributed by atoms with van der Waals surface area (Å²) in [5, 5.41) is 0. The Morgan fingerprint density at radius 1 is 1.31 bits per heavy atom. The Balaban J connectivity index is 2.40. The maximum Gasteiger partial charge on any atom is 0.0556 e. The van der Waals surface area contributed by atoms with Crippen LogP contribution in [0.4, 0.5) is 0 Å². The van der Waals surface area contributed by atoms with Crippen LogP contribution < -0.4 is 0 Å². The molecule has 0 heterocycles. The molecule has 0 saturated heterocycles. The fourth-order valence-corrected chi connectivity index (χ4v) is 1.91. The van der Waals surface area contributed by atoms with E-state index in [1.54, 1.807) is 18.9 Å². The average molecular weight is 217 g/mol. The van der Waals surface area contributed by atoms with Gasteiger partial charge in [-0.15, -0.1) is 23.4 Å². The van der Waals surface area contributed by atoms with Crippen LogP contribution in [0.15, 0.2) is 29.2 Å². The van der Waals surface area contributed by atoms with Gasteiger partial charge in [0.1, 0.15) is 0 Å². The van der Waals surface area contributed by atoms with Crippen LogP contribution in [0.25, 0.3) is 0 Å². The topological polar surface area (TPSA) is 9.23 Å². The third-order valence-electron chi connectivity index (χ3n) is 1.63. The van der Waals surface area contributed by atoms with Gasteiger partial charge in [0.2, 0.25) is 0 Å². The smallest absolute Gasteiger partial charge is 0.0556 e. The van der Waals surface area contributed by atoms with Crippen LogP contribution in [0.1, 0.15) is 5.56 Å². The van der Waals surface area contributed by atoms with Crippen LogP contribution in [-0.2, 0) is 10.6 Å². The number of ether oxygens (including phenoxy) is 1. The molecule has 3 heteroatoms. The zero-order valence-electron chi connectivity index (χ0n) is 7.63. The first-order valence-corrected chi connectivity index (χ1v) is 5.65. The van der Waals surface area contributed by atoms with E-state index in [2.05, 4.69) is 24.3 Å². The fraction of sp³-hybridized carbons (Fsp3) is 0.400. The van der Waals surface area contributed by atoms with Crippen LogP contribution in [0.3, 0.4) is 0 Å². The number of benzene rings is 1. The van der Waals surface area contributed by atoms with Gasteiger partial charge < -0.3 is 4.74 Å². The van der Waals surface area contributed by atoms with E-state index in [1.165, 1.54) is 4.90 Å². The summed E-state index contributed by atoms with van der Waals surface area (Å²) in [6.07, 6.45) is 0. The van der Waals surface area contributed by atoms with Gasteiger partial charge in [-0.25, -0.2) is 0 Å². The Bertz CT molecular complexity index is 235. The first-order chi connectivity index (χ1) is 6.36. The minimum Gasteiger partial charge on any atom is -0.384 e. The second-order valence-corrected chi connectivity index (χ2v) is 4.05. The van der Waals surface area contributed by atoms with Crippen molar-refractivity contribution in [1.29, 1.82) is 0 Å². The molecule has 0 unspecified atom stereocenters. The van der Waals surface area contributed by atoms with Crippen molar-refractivity contribution in [3.63, 3.8) is 0 Å². The van der Waals surface area contributed by atoms with E-state index in [4.69, 9.17) is 16.3 Å². The molecule has 0 spiro atoms. The largest absolute Gasteiger partial charge is 0.384 e. The molecule has 0 saturated carbocycles. The summed E-state index contributed by atoms with van der Waals surface area (Å²) in [4.78, 5) is 1.27. The lowest BCUT2D eigenvalue weighted by molar-refractivity contribution is 0.218. The third kappa shape index (κ3) is 4.03. The molecule has 0 atom stereocenters. The fourth-order valence-electron chi connectivity index (χ4n) is 0.918. The second kappa shape index (κ2) is 6.30. The van der Waals surface area contributed by atoms with Crippen molar-refractivity contribution in [2.24, 2.45) is 0 Å². The molecule has 0 aliphatic rings. The third-order valence-corrected chi connectivity index (χ3v) is 2.92. The van der Waals surface area contributed by atoms with Gasteiger partial charge in [0.15, 0.2) is 0 Å². The standard InChI is InChI=1S/C10H13ClOS/c1-12-6-7-13-10-4-2-9(8-11)3-5-10/h2-5H,6-8H2,1H3. The quantitative estimate of drug-likeness (QED) is 0.425. The number of hydrogen-bond donors (Lipinski definition) is 0. The van der Waals surface area contributed by atoms with Crippen molar-refractivity contribution in [3.05, 3.63) is 29.8 Å². The summed E-state index contributed by atoms with van der Waals surface area (Å²) in [5.41, 5.74) is 1.16. The zero-order valence-corrected chi connectivity index (χ0v) is 9.20. The first kappa shape index (κ1) is 10.9. The lowest BCUT2D eigenvalue weighted by Crippen LogP contribution is -1.90. The van der Waals surface area contributed by atoms with Crippen molar-refractivity contribution in [3.8, 4) is 0 Å². The van der Waals surface area contributed by atoms with E-state index in [0.717, 1.165) is 17.9 Å². The maximum atomic E-state index is 5.68. The molecule has 0 N–H and O–H groups in total. The zero-order chi connectivity index (χ0) is 9.52. The molecular formula is C10H13ClOS. The molecule has 0 aliphatic carbocycles. The van der Waals surface area contributed by atoms with Crippen LogP contribution in [-0.4, -0.2) is 19.5 Å². The van der Waals surface area contributed by atoms with Crippen LogP contribution >= 0.6 is 23.4 Å². The van der Waals surface area contributed by atoms with Gasteiger partial charge in [0.05, 0.1) is 6.61 Å². The normalized spacial score (nSPS) is 10.3. The number of halogens is 1. The summed E-state index contributed by atoms with van der Waals surface area (Å²) in [7, 11) is 1.72. The van der Waals surface area contributed by atoms with Crippen molar-refractivity contribution >= 4 is 23.4 Å². The van der Waals surface area contributed by atoms with Crippen molar-refractivity contribution in [2.75, 3.05) is 19.5 Å². The van der Waals surface area contributed by atoms with Gasteiger partial charge >= 0.3 is 0 Å². The predicted molar refractivity (Wildman–Crippen MR) is 58.6 cm³/mol. The molecule has 0 aromatic heterocycles. The molecule has 72 valence electrons. The van der Waals surface area contributed by atoms with Gasteiger partial charge in [0.25, 0.3) is 0 Å². The van der Waals surface area contributed by atoms with Gasteiger partial charge in [0, 0.05) is 23.6 Å². The Kier molecular flexibility index (Phi) is 5.28. The molecule has 0 radical (unpaired) electrons. The molecule has 0 aliphatic heterocycles. The van der Waals surface area contributed by atoms with Crippen molar-refractivity contribution in [2.45, 2.75) is 10.8 Å². The average Bonchev–Trinajstić information content (AvgIpc) is 2.19. The van der Waals surface area contributed by atoms with Gasteiger partial charge in [-0.3, -0.25) is 0 Å². The molecule has 0 fully saturated rings. The van der Waals surface area contributed by atoms with Gasteiger partial charge in [-0.2, -0.15) is 0 Å². The molecule has 13 heavy (non-hydrogen) atoms. The molecule has 0 amide bonds. The summed E-state index contributed by atoms with van der Waals surface area (Å²) in [5.74, 6) is 1.58. The molecule has 1 nitrogen and oxygen atoms in total. The van der Waals surface area contributed by atoms with E-state index < -0.39 is 0 Å². The second-order valence-electron chi connectivity index (χ2n) is 2.62. The Hall–Kier alpha value is -0.180. The highest BCUT2D eigenvalue weighted by Gasteiger charge is 1.94. The highest BCUT2D eigenvalue weighted by molar-refractivity contribution is 7.99. The lowest BCUT2D eigenvalue weighted by atomic mass is 10.2.